The number of amides is 1. The summed E-state index contributed by atoms with van der Waals surface area (Å²) >= 11 is 0. The maximum atomic E-state index is 13.5. The van der Waals surface area contributed by atoms with Crippen LogP contribution in [0.25, 0.3) is 0 Å². The van der Waals surface area contributed by atoms with Crippen molar-refractivity contribution in [2.75, 3.05) is 19.5 Å². The van der Waals surface area contributed by atoms with E-state index in [9.17, 15) is 13.6 Å². The van der Waals surface area contributed by atoms with Gasteiger partial charge in [-0.3, -0.25) is 4.79 Å². The van der Waals surface area contributed by atoms with Crippen molar-refractivity contribution in [3.05, 3.63) is 53.6 Å². The average Bonchev–Trinajstić information content (AvgIpc) is 2.50. The van der Waals surface area contributed by atoms with Crippen LogP contribution >= 0.6 is 0 Å². The smallest absolute Gasteiger partial charge is 0.229 e. The maximum Gasteiger partial charge on any atom is 0.229 e. The zero-order valence-corrected chi connectivity index (χ0v) is 12.2. The lowest BCUT2D eigenvalue weighted by atomic mass is 10.1. The number of ether oxygens (including phenoxy) is 2. The molecule has 1 amide bonds. The molecule has 0 atom stereocenters. The first-order chi connectivity index (χ1) is 10.5. The molecule has 0 aliphatic rings. The van der Waals surface area contributed by atoms with E-state index in [1.807, 2.05) is 0 Å². The Bertz CT molecular complexity index is 689. The highest BCUT2D eigenvalue weighted by atomic mass is 19.1. The Balaban J connectivity index is 2.14. The van der Waals surface area contributed by atoms with Crippen LogP contribution in [0.2, 0.25) is 0 Å². The Morgan fingerprint density at radius 1 is 1.09 bits per heavy atom. The number of methoxy groups -OCH3 is 2. The monoisotopic (exact) mass is 307 g/mol. The average molecular weight is 307 g/mol. The van der Waals surface area contributed by atoms with Crippen LogP contribution in [-0.2, 0) is 11.2 Å². The molecule has 0 aromatic heterocycles. The highest BCUT2D eigenvalue weighted by molar-refractivity contribution is 5.92. The number of anilines is 1. The summed E-state index contributed by atoms with van der Waals surface area (Å²) in [6.07, 6.45) is -0.0306. The minimum atomic E-state index is -0.828. The number of hydrogen-bond donors (Lipinski definition) is 1. The van der Waals surface area contributed by atoms with Gasteiger partial charge in [-0.05, 0) is 30.3 Å². The topological polar surface area (TPSA) is 47.6 Å². The third kappa shape index (κ3) is 3.72. The number of carbonyl (C=O) groups is 1. The van der Waals surface area contributed by atoms with Crippen molar-refractivity contribution in [1.82, 2.24) is 0 Å². The summed E-state index contributed by atoms with van der Waals surface area (Å²) in [5.74, 6) is -0.875. The number of rotatable bonds is 5. The summed E-state index contributed by atoms with van der Waals surface area (Å²) in [4.78, 5) is 12.0. The second kappa shape index (κ2) is 6.89. The van der Waals surface area contributed by atoms with Gasteiger partial charge in [-0.1, -0.05) is 0 Å². The van der Waals surface area contributed by atoms with E-state index in [0.29, 0.717) is 23.1 Å². The van der Waals surface area contributed by atoms with Gasteiger partial charge in [0.1, 0.15) is 23.1 Å². The van der Waals surface area contributed by atoms with Crippen molar-refractivity contribution >= 4 is 11.6 Å². The highest BCUT2D eigenvalue weighted by Crippen LogP contribution is 2.25. The molecule has 4 nitrogen and oxygen atoms in total. The van der Waals surface area contributed by atoms with E-state index in [1.165, 1.54) is 20.3 Å². The molecule has 0 saturated carbocycles. The third-order valence-electron chi connectivity index (χ3n) is 3.04. The molecule has 0 heterocycles. The minimum Gasteiger partial charge on any atom is -0.497 e. The van der Waals surface area contributed by atoms with Crippen molar-refractivity contribution in [1.29, 1.82) is 0 Å². The van der Waals surface area contributed by atoms with Gasteiger partial charge in [-0.15, -0.1) is 0 Å². The standard InChI is InChI=1S/C16H15F2NO3/c1-21-12-4-6-15(22-2)10(7-12)8-16(20)19-14-5-3-11(17)9-13(14)18/h3-7,9H,8H2,1-2H3,(H,19,20). The quantitative estimate of drug-likeness (QED) is 0.923. The van der Waals surface area contributed by atoms with E-state index in [-0.39, 0.29) is 12.1 Å². The highest BCUT2D eigenvalue weighted by Gasteiger charge is 2.12. The Morgan fingerprint density at radius 3 is 2.50 bits per heavy atom. The molecule has 0 saturated heterocycles. The number of hydrogen-bond acceptors (Lipinski definition) is 3. The predicted molar refractivity (Wildman–Crippen MR) is 78.2 cm³/mol. The molecular weight excluding hydrogens is 292 g/mol. The Morgan fingerprint density at radius 2 is 1.86 bits per heavy atom. The van der Waals surface area contributed by atoms with E-state index >= 15 is 0 Å². The van der Waals surface area contributed by atoms with Crippen LogP contribution in [-0.4, -0.2) is 20.1 Å². The first-order valence-corrected chi connectivity index (χ1v) is 6.49. The summed E-state index contributed by atoms with van der Waals surface area (Å²) < 4.78 is 36.6. The van der Waals surface area contributed by atoms with Crippen LogP contribution in [0.3, 0.4) is 0 Å². The first-order valence-electron chi connectivity index (χ1n) is 6.49. The van der Waals surface area contributed by atoms with Crippen LogP contribution in [0.5, 0.6) is 11.5 Å². The van der Waals surface area contributed by atoms with Gasteiger partial charge in [0.2, 0.25) is 5.91 Å². The van der Waals surface area contributed by atoms with Crippen LogP contribution in [0, 0.1) is 11.6 Å². The molecule has 0 radical (unpaired) electrons. The largest absolute Gasteiger partial charge is 0.497 e. The summed E-state index contributed by atoms with van der Waals surface area (Å²) in [6.45, 7) is 0. The van der Waals surface area contributed by atoms with E-state index < -0.39 is 17.5 Å². The number of nitrogens with one attached hydrogen (secondary N) is 1. The number of benzene rings is 2. The van der Waals surface area contributed by atoms with Gasteiger partial charge in [-0.25, -0.2) is 8.78 Å². The second-order valence-electron chi connectivity index (χ2n) is 4.53. The van der Waals surface area contributed by atoms with Crippen LogP contribution < -0.4 is 14.8 Å². The normalized spacial score (nSPS) is 10.2. The van der Waals surface area contributed by atoms with E-state index in [2.05, 4.69) is 5.32 Å². The lowest BCUT2D eigenvalue weighted by Crippen LogP contribution is -2.16. The number of carbonyl (C=O) groups excluding carboxylic acids is 1. The summed E-state index contributed by atoms with van der Waals surface area (Å²) in [5.41, 5.74) is 0.523. The summed E-state index contributed by atoms with van der Waals surface area (Å²) in [6, 6.07) is 8.01. The molecule has 2 rings (SSSR count). The molecule has 0 fully saturated rings. The lowest BCUT2D eigenvalue weighted by molar-refractivity contribution is -0.115. The van der Waals surface area contributed by atoms with Crippen molar-refractivity contribution < 1.29 is 23.0 Å². The molecule has 6 heteroatoms. The maximum absolute atomic E-state index is 13.5. The van der Waals surface area contributed by atoms with Crippen molar-refractivity contribution in [2.24, 2.45) is 0 Å². The lowest BCUT2D eigenvalue weighted by Gasteiger charge is -2.11. The molecule has 0 unspecified atom stereocenters. The minimum absolute atomic E-state index is 0.0306. The fourth-order valence-electron chi connectivity index (χ4n) is 1.98. The fourth-order valence-corrected chi connectivity index (χ4v) is 1.98. The van der Waals surface area contributed by atoms with Gasteiger partial charge >= 0.3 is 0 Å². The van der Waals surface area contributed by atoms with Gasteiger partial charge in [0.25, 0.3) is 0 Å². The van der Waals surface area contributed by atoms with Crippen molar-refractivity contribution in [2.45, 2.75) is 6.42 Å². The SMILES string of the molecule is COc1ccc(OC)c(CC(=O)Nc2ccc(F)cc2F)c1. The molecule has 1 N–H and O–H groups in total. The molecular formula is C16H15F2NO3. The van der Waals surface area contributed by atoms with Crippen LogP contribution in [0.15, 0.2) is 36.4 Å². The molecule has 2 aromatic rings. The van der Waals surface area contributed by atoms with Crippen LogP contribution in [0.4, 0.5) is 14.5 Å². The number of halogens is 2. The van der Waals surface area contributed by atoms with E-state index in [0.717, 1.165) is 6.07 Å². The summed E-state index contributed by atoms with van der Waals surface area (Å²) in [7, 11) is 3.00. The van der Waals surface area contributed by atoms with E-state index in [4.69, 9.17) is 9.47 Å². The van der Waals surface area contributed by atoms with Gasteiger partial charge in [0.05, 0.1) is 26.3 Å². The van der Waals surface area contributed by atoms with E-state index in [1.54, 1.807) is 18.2 Å². The molecule has 116 valence electrons. The second-order valence-corrected chi connectivity index (χ2v) is 4.53. The Kier molecular flexibility index (Phi) is 4.93. The third-order valence-corrected chi connectivity index (χ3v) is 3.04. The van der Waals surface area contributed by atoms with Gasteiger partial charge in [0.15, 0.2) is 0 Å². The zero-order chi connectivity index (χ0) is 16.1. The molecule has 2 aromatic carbocycles. The molecule has 0 aliphatic carbocycles. The molecule has 0 spiro atoms. The molecule has 22 heavy (non-hydrogen) atoms. The predicted octanol–water partition coefficient (Wildman–Crippen LogP) is 3.16. The van der Waals surface area contributed by atoms with Gasteiger partial charge in [0, 0.05) is 11.6 Å². The van der Waals surface area contributed by atoms with Gasteiger partial charge < -0.3 is 14.8 Å². The first kappa shape index (κ1) is 15.8. The fraction of sp³-hybridized carbons (Fsp3) is 0.188. The van der Waals surface area contributed by atoms with Gasteiger partial charge in [-0.2, -0.15) is 0 Å². The van der Waals surface area contributed by atoms with Crippen molar-refractivity contribution in [3.63, 3.8) is 0 Å². The summed E-state index contributed by atoms with van der Waals surface area (Å²) in [5, 5.41) is 2.40. The van der Waals surface area contributed by atoms with Crippen molar-refractivity contribution in [3.8, 4) is 11.5 Å². The Labute approximate surface area is 126 Å². The molecule has 0 bridgehead atoms. The zero-order valence-electron chi connectivity index (χ0n) is 12.2. The molecule has 0 aliphatic heterocycles. The van der Waals surface area contributed by atoms with Crippen LogP contribution in [0.1, 0.15) is 5.56 Å². The Hall–Kier alpha value is -2.63.